The molecule has 1 rings (SSSR count). The lowest BCUT2D eigenvalue weighted by atomic mass is 10.2. The van der Waals surface area contributed by atoms with Gasteiger partial charge in [-0.3, -0.25) is 0 Å². The van der Waals surface area contributed by atoms with Gasteiger partial charge in [0, 0.05) is 23.2 Å². The molecule has 0 saturated heterocycles. The standard InChI is InChI=1S/C11H18BrN3O2S/c1-8-10(13)6-9(12)7-11(8)18(16,17)14-4-5-15(2)3/h6-7,14H,4-5,13H2,1-3H3. The monoisotopic (exact) mass is 335 g/mol. The van der Waals surface area contributed by atoms with Crippen LogP contribution in [0.15, 0.2) is 21.5 Å². The summed E-state index contributed by atoms with van der Waals surface area (Å²) in [7, 11) is 0.253. The molecule has 0 aliphatic heterocycles. The molecule has 0 heterocycles. The lowest BCUT2D eigenvalue weighted by Gasteiger charge is -2.13. The van der Waals surface area contributed by atoms with Crippen molar-refractivity contribution < 1.29 is 8.42 Å². The van der Waals surface area contributed by atoms with E-state index in [1.807, 2.05) is 19.0 Å². The van der Waals surface area contributed by atoms with Crippen LogP contribution in [0.4, 0.5) is 5.69 Å². The first kappa shape index (κ1) is 15.4. The number of hydrogen-bond acceptors (Lipinski definition) is 4. The summed E-state index contributed by atoms with van der Waals surface area (Å²) in [6, 6.07) is 3.25. The zero-order valence-corrected chi connectivity index (χ0v) is 13.1. The van der Waals surface area contributed by atoms with Crippen molar-refractivity contribution in [2.75, 3.05) is 32.9 Å². The van der Waals surface area contributed by atoms with Crippen LogP contribution in [0.25, 0.3) is 0 Å². The van der Waals surface area contributed by atoms with Gasteiger partial charge < -0.3 is 10.6 Å². The van der Waals surface area contributed by atoms with Gasteiger partial charge in [-0.25, -0.2) is 13.1 Å². The SMILES string of the molecule is Cc1c(N)cc(Br)cc1S(=O)(=O)NCCN(C)C. The summed E-state index contributed by atoms with van der Waals surface area (Å²) in [6.45, 7) is 2.70. The number of sulfonamides is 1. The van der Waals surface area contributed by atoms with E-state index in [2.05, 4.69) is 20.7 Å². The molecule has 3 N–H and O–H groups in total. The number of nitrogens with two attached hydrogens (primary N) is 1. The molecular formula is C11H18BrN3O2S. The van der Waals surface area contributed by atoms with E-state index in [0.29, 0.717) is 28.8 Å². The van der Waals surface area contributed by atoms with E-state index in [-0.39, 0.29) is 4.90 Å². The molecule has 0 aromatic heterocycles. The highest BCUT2D eigenvalue weighted by atomic mass is 79.9. The van der Waals surface area contributed by atoms with Gasteiger partial charge in [-0.15, -0.1) is 0 Å². The fourth-order valence-corrected chi connectivity index (χ4v) is 3.38. The maximum Gasteiger partial charge on any atom is 0.240 e. The molecule has 0 unspecified atom stereocenters. The van der Waals surface area contributed by atoms with Crippen LogP contribution in [-0.2, 0) is 10.0 Å². The van der Waals surface area contributed by atoms with Gasteiger partial charge in [-0.1, -0.05) is 15.9 Å². The van der Waals surface area contributed by atoms with Gasteiger partial charge in [0.15, 0.2) is 0 Å². The minimum absolute atomic E-state index is 0.216. The molecular weight excluding hydrogens is 318 g/mol. The van der Waals surface area contributed by atoms with Crippen LogP contribution in [0.2, 0.25) is 0 Å². The summed E-state index contributed by atoms with van der Waals surface area (Å²) in [6.07, 6.45) is 0. The Morgan fingerprint density at radius 3 is 2.56 bits per heavy atom. The van der Waals surface area contributed by atoms with E-state index >= 15 is 0 Å². The van der Waals surface area contributed by atoms with Crippen LogP contribution in [0.3, 0.4) is 0 Å². The molecule has 0 radical (unpaired) electrons. The topological polar surface area (TPSA) is 75.4 Å². The Kier molecular flexibility index (Phi) is 5.15. The molecule has 0 atom stereocenters. The van der Waals surface area contributed by atoms with E-state index in [4.69, 9.17) is 5.73 Å². The molecule has 1 aromatic rings. The Morgan fingerprint density at radius 1 is 1.39 bits per heavy atom. The Hall–Kier alpha value is -0.630. The minimum Gasteiger partial charge on any atom is -0.398 e. The fraction of sp³-hybridized carbons (Fsp3) is 0.455. The smallest absolute Gasteiger partial charge is 0.240 e. The highest BCUT2D eigenvalue weighted by Crippen LogP contribution is 2.25. The van der Waals surface area contributed by atoms with Crippen LogP contribution < -0.4 is 10.5 Å². The number of nitrogen functional groups attached to an aromatic ring is 1. The van der Waals surface area contributed by atoms with E-state index in [1.165, 1.54) is 0 Å². The zero-order chi connectivity index (χ0) is 13.9. The van der Waals surface area contributed by atoms with Crippen molar-refractivity contribution in [1.29, 1.82) is 0 Å². The maximum atomic E-state index is 12.1. The van der Waals surface area contributed by atoms with Crippen molar-refractivity contribution in [3.63, 3.8) is 0 Å². The van der Waals surface area contributed by atoms with Gasteiger partial charge in [0.1, 0.15) is 0 Å². The molecule has 0 aliphatic rings. The van der Waals surface area contributed by atoms with Crippen molar-refractivity contribution >= 4 is 31.6 Å². The van der Waals surface area contributed by atoms with Gasteiger partial charge in [-0.05, 0) is 38.7 Å². The van der Waals surface area contributed by atoms with Crippen molar-refractivity contribution in [2.45, 2.75) is 11.8 Å². The molecule has 1 aromatic carbocycles. The quantitative estimate of drug-likeness (QED) is 0.792. The van der Waals surface area contributed by atoms with Crippen LogP contribution >= 0.6 is 15.9 Å². The van der Waals surface area contributed by atoms with Crippen molar-refractivity contribution in [3.8, 4) is 0 Å². The fourth-order valence-electron chi connectivity index (χ4n) is 1.43. The molecule has 102 valence electrons. The summed E-state index contributed by atoms with van der Waals surface area (Å²) in [5.41, 5.74) is 6.79. The normalized spacial score (nSPS) is 12.1. The predicted molar refractivity (Wildman–Crippen MR) is 77.0 cm³/mol. The third-order valence-electron chi connectivity index (χ3n) is 2.51. The van der Waals surface area contributed by atoms with Crippen LogP contribution in [-0.4, -0.2) is 40.5 Å². The molecule has 0 bridgehead atoms. The van der Waals surface area contributed by atoms with Gasteiger partial charge in [0.25, 0.3) is 0 Å². The highest BCUT2D eigenvalue weighted by Gasteiger charge is 2.18. The molecule has 0 amide bonds. The van der Waals surface area contributed by atoms with Crippen molar-refractivity contribution in [2.24, 2.45) is 0 Å². The second-order valence-corrected chi connectivity index (χ2v) is 6.97. The second kappa shape index (κ2) is 6.01. The van der Waals surface area contributed by atoms with E-state index in [0.717, 1.165) is 0 Å². The number of nitrogens with zero attached hydrogens (tertiary/aromatic N) is 1. The Morgan fingerprint density at radius 2 is 2.00 bits per heavy atom. The summed E-state index contributed by atoms with van der Waals surface area (Å²) < 4.78 is 27.5. The molecule has 0 spiro atoms. The Labute approximate surface area is 117 Å². The summed E-state index contributed by atoms with van der Waals surface area (Å²) in [5.74, 6) is 0. The van der Waals surface area contributed by atoms with Gasteiger partial charge in [-0.2, -0.15) is 0 Å². The molecule has 7 heteroatoms. The van der Waals surface area contributed by atoms with E-state index < -0.39 is 10.0 Å². The summed E-state index contributed by atoms with van der Waals surface area (Å²) in [4.78, 5) is 2.12. The number of hydrogen-bond donors (Lipinski definition) is 2. The zero-order valence-electron chi connectivity index (χ0n) is 10.7. The Balaban J connectivity index is 2.98. The largest absolute Gasteiger partial charge is 0.398 e. The molecule has 0 aliphatic carbocycles. The first-order chi connectivity index (χ1) is 8.24. The molecule has 0 saturated carbocycles. The molecule has 5 nitrogen and oxygen atoms in total. The predicted octanol–water partition coefficient (Wildman–Crippen LogP) is 1.18. The first-order valence-electron chi connectivity index (χ1n) is 5.44. The first-order valence-corrected chi connectivity index (χ1v) is 7.71. The van der Waals surface area contributed by atoms with Crippen molar-refractivity contribution in [1.82, 2.24) is 9.62 Å². The van der Waals surface area contributed by atoms with Gasteiger partial charge in [0.2, 0.25) is 10.0 Å². The van der Waals surface area contributed by atoms with Gasteiger partial charge in [0.05, 0.1) is 4.90 Å². The second-order valence-electron chi connectivity index (χ2n) is 4.32. The van der Waals surface area contributed by atoms with Crippen LogP contribution in [0.1, 0.15) is 5.56 Å². The maximum absolute atomic E-state index is 12.1. The number of rotatable bonds is 5. The minimum atomic E-state index is -3.52. The number of benzene rings is 1. The van der Waals surface area contributed by atoms with Crippen LogP contribution in [0.5, 0.6) is 0 Å². The van der Waals surface area contributed by atoms with Crippen molar-refractivity contribution in [3.05, 3.63) is 22.2 Å². The van der Waals surface area contributed by atoms with Crippen LogP contribution in [0, 0.1) is 6.92 Å². The lowest BCUT2D eigenvalue weighted by molar-refractivity contribution is 0.412. The Bertz CT molecular complexity index is 529. The average molecular weight is 336 g/mol. The van der Waals surface area contributed by atoms with E-state index in [1.54, 1.807) is 19.1 Å². The third kappa shape index (κ3) is 3.94. The molecule has 18 heavy (non-hydrogen) atoms. The number of halogens is 1. The third-order valence-corrected chi connectivity index (χ3v) is 4.55. The van der Waals surface area contributed by atoms with E-state index in [9.17, 15) is 8.42 Å². The number of nitrogens with one attached hydrogen (secondary N) is 1. The number of likely N-dealkylation sites (N-methyl/N-ethyl adjacent to an activating group) is 1. The number of anilines is 1. The average Bonchev–Trinajstić information content (AvgIpc) is 2.22. The highest BCUT2D eigenvalue weighted by molar-refractivity contribution is 9.10. The summed E-state index contributed by atoms with van der Waals surface area (Å²) in [5, 5.41) is 0. The summed E-state index contributed by atoms with van der Waals surface area (Å²) >= 11 is 3.25. The van der Waals surface area contributed by atoms with Gasteiger partial charge >= 0.3 is 0 Å². The molecule has 0 fully saturated rings. The lowest BCUT2D eigenvalue weighted by Crippen LogP contribution is -2.31.